The van der Waals surface area contributed by atoms with Crippen LogP contribution in [0.5, 0.6) is 0 Å². The molecule has 0 fully saturated rings. The lowest BCUT2D eigenvalue weighted by molar-refractivity contribution is 0.511. The fourth-order valence-electron chi connectivity index (χ4n) is 1.53. The second-order valence-electron chi connectivity index (χ2n) is 3.91. The Bertz CT molecular complexity index is 283. The van der Waals surface area contributed by atoms with Gasteiger partial charge in [-0.25, -0.2) is 4.39 Å². The largest absolute Gasteiger partial charge is 0.382 e. The molecule has 1 aromatic carbocycles. The zero-order valence-corrected chi connectivity index (χ0v) is 9.05. The van der Waals surface area contributed by atoms with Crippen molar-refractivity contribution in [1.29, 1.82) is 0 Å². The highest BCUT2D eigenvalue weighted by atomic mass is 19.1. The van der Waals surface area contributed by atoms with Crippen LogP contribution in [0, 0.1) is 11.7 Å². The summed E-state index contributed by atoms with van der Waals surface area (Å²) in [6.45, 7) is 6.47. The Morgan fingerprint density at radius 3 is 2.57 bits per heavy atom. The molecular weight excluding hydrogens is 177 g/mol. The van der Waals surface area contributed by atoms with E-state index in [9.17, 15) is 4.39 Å². The van der Waals surface area contributed by atoms with Crippen LogP contribution in [-0.2, 0) is 0 Å². The molecule has 0 saturated heterocycles. The standard InChI is InChI=1S/C12H18FN/c1-4-12(9(2)3)14-11-7-5-6-10(13)8-11/h5-9,12,14H,4H2,1-3H3/t12-/m1/s1. The summed E-state index contributed by atoms with van der Waals surface area (Å²) >= 11 is 0. The van der Waals surface area contributed by atoms with E-state index in [-0.39, 0.29) is 5.82 Å². The van der Waals surface area contributed by atoms with Crippen LogP contribution in [-0.4, -0.2) is 6.04 Å². The first-order valence-corrected chi connectivity index (χ1v) is 5.15. The third-order valence-electron chi connectivity index (χ3n) is 2.42. The molecule has 1 rings (SSSR count). The molecule has 78 valence electrons. The molecule has 1 N–H and O–H groups in total. The van der Waals surface area contributed by atoms with Gasteiger partial charge >= 0.3 is 0 Å². The Kier molecular flexibility index (Phi) is 3.93. The predicted molar refractivity (Wildman–Crippen MR) is 58.9 cm³/mol. The van der Waals surface area contributed by atoms with Crippen LogP contribution in [0.3, 0.4) is 0 Å². The van der Waals surface area contributed by atoms with Crippen LogP contribution in [0.1, 0.15) is 27.2 Å². The van der Waals surface area contributed by atoms with Crippen molar-refractivity contribution in [2.75, 3.05) is 5.32 Å². The Labute approximate surface area is 85.3 Å². The fraction of sp³-hybridized carbons (Fsp3) is 0.500. The van der Waals surface area contributed by atoms with Gasteiger partial charge in [-0.1, -0.05) is 26.8 Å². The average Bonchev–Trinajstić information content (AvgIpc) is 2.14. The second-order valence-corrected chi connectivity index (χ2v) is 3.91. The van der Waals surface area contributed by atoms with Gasteiger partial charge in [0.05, 0.1) is 0 Å². The predicted octanol–water partition coefficient (Wildman–Crippen LogP) is 3.67. The van der Waals surface area contributed by atoms with Crippen LogP contribution >= 0.6 is 0 Å². The third-order valence-corrected chi connectivity index (χ3v) is 2.42. The van der Waals surface area contributed by atoms with Gasteiger partial charge in [-0.15, -0.1) is 0 Å². The molecular formula is C12H18FN. The quantitative estimate of drug-likeness (QED) is 0.773. The summed E-state index contributed by atoms with van der Waals surface area (Å²) in [7, 11) is 0. The van der Waals surface area contributed by atoms with Crippen LogP contribution in [0.4, 0.5) is 10.1 Å². The van der Waals surface area contributed by atoms with Crippen molar-refractivity contribution in [2.24, 2.45) is 5.92 Å². The molecule has 1 atom stereocenters. The number of halogens is 1. The molecule has 0 spiro atoms. The van der Waals surface area contributed by atoms with Gasteiger partial charge in [-0.3, -0.25) is 0 Å². The molecule has 0 saturated carbocycles. The van der Waals surface area contributed by atoms with Crippen molar-refractivity contribution in [1.82, 2.24) is 0 Å². The molecule has 14 heavy (non-hydrogen) atoms. The van der Waals surface area contributed by atoms with Crippen molar-refractivity contribution in [2.45, 2.75) is 33.2 Å². The zero-order chi connectivity index (χ0) is 10.6. The zero-order valence-electron chi connectivity index (χ0n) is 9.05. The highest BCUT2D eigenvalue weighted by Gasteiger charge is 2.10. The average molecular weight is 195 g/mol. The molecule has 0 aromatic heterocycles. The van der Waals surface area contributed by atoms with Crippen molar-refractivity contribution >= 4 is 5.69 Å². The van der Waals surface area contributed by atoms with Crippen LogP contribution in [0.25, 0.3) is 0 Å². The molecule has 0 amide bonds. The summed E-state index contributed by atoms with van der Waals surface area (Å²) in [6.07, 6.45) is 1.05. The number of hydrogen-bond acceptors (Lipinski definition) is 1. The number of anilines is 1. The normalized spacial score (nSPS) is 12.9. The molecule has 0 unspecified atom stereocenters. The molecule has 0 aliphatic rings. The minimum absolute atomic E-state index is 0.186. The molecule has 2 heteroatoms. The van der Waals surface area contributed by atoms with Gasteiger partial charge in [0.25, 0.3) is 0 Å². The number of benzene rings is 1. The van der Waals surface area contributed by atoms with Gasteiger partial charge in [0, 0.05) is 11.7 Å². The second kappa shape index (κ2) is 4.99. The van der Waals surface area contributed by atoms with E-state index >= 15 is 0 Å². The first-order chi connectivity index (χ1) is 6.63. The summed E-state index contributed by atoms with van der Waals surface area (Å²) in [5, 5.41) is 3.33. The summed E-state index contributed by atoms with van der Waals surface area (Å²) in [5.41, 5.74) is 0.866. The maximum atomic E-state index is 12.9. The summed E-state index contributed by atoms with van der Waals surface area (Å²) in [4.78, 5) is 0. The van der Waals surface area contributed by atoms with Crippen LogP contribution in [0.2, 0.25) is 0 Å². The van der Waals surface area contributed by atoms with E-state index < -0.39 is 0 Å². The SMILES string of the molecule is CC[C@@H](Nc1cccc(F)c1)C(C)C. The van der Waals surface area contributed by atoms with E-state index in [2.05, 4.69) is 26.1 Å². The maximum Gasteiger partial charge on any atom is 0.125 e. The topological polar surface area (TPSA) is 12.0 Å². The third kappa shape index (κ3) is 3.02. The highest BCUT2D eigenvalue weighted by Crippen LogP contribution is 2.15. The molecule has 0 aliphatic heterocycles. The van der Waals surface area contributed by atoms with Crippen LogP contribution in [0.15, 0.2) is 24.3 Å². The van der Waals surface area contributed by atoms with Gasteiger partial charge < -0.3 is 5.32 Å². The van der Waals surface area contributed by atoms with Crippen molar-refractivity contribution < 1.29 is 4.39 Å². The minimum Gasteiger partial charge on any atom is -0.382 e. The number of nitrogens with one attached hydrogen (secondary N) is 1. The van der Waals surface area contributed by atoms with E-state index in [0.717, 1.165) is 12.1 Å². The summed E-state index contributed by atoms with van der Waals surface area (Å²) in [5.74, 6) is 0.372. The Morgan fingerprint density at radius 1 is 1.36 bits per heavy atom. The smallest absolute Gasteiger partial charge is 0.125 e. The lowest BCUT2D eigenvalue weighted by Gasteiger charge is -2.21. The van der Waals surface area contributed by atoms with E-state index in [1.54, 1.807) is 6.07 Å². The molecule has 0 radical (unpaired) electrons. The molecule has 0 bridgehead atoms. The van der Waals surface area contributed by atoms with Gasteiger partial charge in [0.1, 0.15) is 5.82 Å². The number of rotatable bonds is 4. The molecule has 0 aliphatic carbocycles. The van der Waals surface area contributed by atoms with E-state index in [1.165, 1.54) is 12.1 Å². The van der Waals surface area contributed by atoms with Crippen molar-refractivity contribution in [3.05, 3.63) is 30.1 Å². The van der Waals surface area contributed by atoms with Gasteiger partial charge in [-0.2, -0.15) is 0 Å². The molecule has 1 nitrogen and oxygen atoms in total. The van der Waals surface area contributed by atoms with E-state index in [0.29, 0.717) is 12.0 Å². The molecule has 1 aromatic rings. The summed E-state index contributed by atoms with van der Waals surface area (Å²) in [6, 6.07) is 7.03. The first-order valence-electron chi connectivity index (χ1n) is 5.15. The Balaban J connectivity index is 2.67. The van der Waals surface area contributed by atoms with Gasteiger partial charge in [0.2, 0.25) is 0 Å². The summed E-state index contributed by atoms with van der Waals surface area (Å²) < 4.78 is 12.9. The van der Waals surface area contributed by atoms with Gasteiger partial charge in [0.15, 0.2) is 0 Å². The number of hydrogen-bond donors (Lipinski definition) is 1. The maximum absolute atomic E-state index is 12.9. The van der Waals surface area contributed by atoms with Gasteiger partial charge in [-0.05, 0) is 30.5 Å². The highest BCUT2D eigenvalue weighted by molar-refractivity contribution is 5.44. The fourth-order valence-corrected chi connectivity index (χ4v) is 1.53. The van der Waals surface area contributed by atoms with Crippen molar-refractivity contribution in [3.8, 4) is 0 Å². The van der Waals surface area contributed by atoms with Crippen LogP contribution < -0.4 is 5.32 Å². The minimum atomic E-state index is -0.186. The molecule has 0 heterocycles. The van der Waals surface area contributed by atoms with Crippen molar-refractivity contribution in [3.63, 3.8) is 0 Å². The Hall–Kier alpha value is -1.05. The monoisotopic (exact) mass is 195 g/mol. The lowest BCUT2D eigenvalue weighted by atomic mass is 10.0. The van der Waals surface area contributed by atoms with E-state index in [1.807, 2.05) is 6.07 Å². The Morgan fingerprint density at radius 2 is 2.07 bits per heavy atom. The van der Waals surface area contributed by atoms with E-state index in [4.69, 9.17) is 0 Å². The first kappa shape index (κ1) is 11.0. The lowest BCUT2D eigenvalue weighted by Crippen LogP contribution is -2.24.